The molecule has 0 fully saturated rings. The van der Waals surface area contributed by atoms with E-state index < -0.39 is 23.9 Å². The van der Waals surface area contributed by atoms with E-state index in [2.05, 4.69) is 0 Å². The van der Waals surface area contributed by atoms with E-state index in [1.807, 2.05) is 60.7 Å². The van der Waals surface area contributed by atoms with Gasteiger partial charge in [-0.1, -0.05) is 78.9 Å². The van der Waals surface area contributed by atoms with Gasteiger partial charge in [0, 0.05) is 0 Å². The summed E-state index contributed by atoms with van der Waals surface area (Å²) in [6.45, 7) is 1.80. The lowest BCUT2D eigenvalue weighted by atomic mass is 10.0. The number of amides is 2. The van der Waals surface area contributed by atoms with Crippen molar-refractivity contribution in [2.45, 2.75) is 13.0 Å². The molecule has 2 amide bonds. The van der Waals surface area contributed by atoms with Crippen LogP contribution in [0.2, 0.25) is 0 Å². The Morgan fingerprint density at radius 2 is 1.21 bits per heavy atom. The molecule has 166 valence electrons. The molecule has 1 aliphatic heterocycles. The molecule has 0 saturated carbocycles. The first-order chi connectivity index (χ1) is 16.5. The highest BCUT2D eigenvalue weighted by atomic mass is 16.5. The summed E-state index contributed by atoms with van der Waals surface area (Å²) >= 11 is 0. The second kappa shape index (κ2) is 8.79. The van der Waals surface area contributed by atoms with Gasteiger partial charge in [0.05, 0.1) is 22.4 Å². The van der Waals surface area contributed by atoms with Crippen molar-refractivity contribution < 1.29 is 19.1 Å². The van der Waals surface area contributed by atoms with Gasteiger partial charge in [0.2, 0.25) is 0 Å². The van der Waals surface area contributed by atoms with Gasteiger partial charge >= 0.3 is 5.97 Å². The van der Waals surface area contributed by atoms with Crippen LogP contribution in [0.15, 0.2) is 103 Å². The second-order valence-corrected chi connectivity index (χ2v) is 8.10. The molecule has 0 aromatic heterocycles. The number of benzene rings is 4. The van der Waals surface area contributed by atoms with E-state index in [1.165, 1.54) is 0 Å². The Balaban J connectivity index is 1.48. The van der Waals surface area contributed by atoms with Gasteiger partial charge in [-0.3, -0.25) is 9.59 Å². The highest BCUT2D eigenvalue weighted by Gasteiger charge is 2.37. The van der Waals surface area contributed by atoms with Crippen molar-refractivity contribution in [3.8, 4) is 0 Å². The fourth-order valence-corrected chi connectivity index (χ4v) is 4.14. The van der Waals surface area contributed by atoms with Crippen LogP contribution in [0.1, 0.15) is 53.9 Å². The summed E-state index contributed by atoms with van der Waals surface area (Å²) in [5.74, 6) is -1.35. The molecule has 0 radical (unpaired) electrons. The van der Waals surface area contributed by atoms with Crippen molar-refractivity contribution in [2.24, 2.45) is 0 Å². The fourth-order valence-electron chi connectivity index (χ4n) is 4.14. The number of anilines is 1. The predicted octanol–water partition coefficient (Wildman–Crippen LogP) is 5.74. The third-order valence-electron chi connectivity index (χ3n) is 5.91. The highest BCUT2D eigenvalue weighted by Crippen LogP contribution is 2.32. The van der Waals surface area contributed by atoms with Crippen molar-refractivity contribution in [3.63, 3.8) is 0 Å². The molecule has 0 bridgehead atoms. The molecule has 0 aliphatic carbocycles. The van der Waals surface area contributed by atoms with E-state index in [-0.39, 0.29) is 5.56 Å². The maximum absolute atomic E-state index is 13.3. The molecular weight excluding hydrogens is 426 g/mol. The number of carbonyl (C=O) groups excluding carboxylic acids is 3. The number of hydrogen-bond donors (Lipinski definition) is 0. The first kappa shape index (κ1) is 21.3. The lowest BCUT2D eigenvalue weighted by molar-refractivity contribution is 0.0377. The summed E-state index contributed by atoms with van der Waals surface area (Å²) < 4.78 is 5.95. The average molecular weight is 447 g/mol. The number of hydrogen-bond acceptors (Lipinski definition) is 4. The Labute approximate surface area is 197 Å². The second-order valence-electron chi connectivity index (χ2n) is 8.10. The number of carbonyl (C=O) groups is 3. The van der Waals surface area contributed by atoms with Gasteiger partial charge in [0.15, 0.2) is 6.10 Å². The smallest absolute Gasteiger partial charge is 0.339 e. The van der Waals surface area contributed by atoms with Gasteiger partial charge in [0.25, 0.3) is 11.8 Å². The minimum absolute atomic E-state index is 0.258. The van der Waals surface area contributed by atoms with E-state index in [0.717, 1.165) is 16.0 Å². The largest absolute Gasteiger partial charge is 0.449 e. The van der Waals surface area contributed by atoms with Crippen LogP contribution in [0.4, 0.5) is 5.69 Å². The van der Waals surface area contributed by atoms with Crippen LogP contribution in [0.25, 0.3) is 0 Å². The summed E-state index contributed by atoms with van der Waals surface area (Å²) in [7, 11) is 0. The molecule has 1 heterocycles. The highest BCUT2D eigenvalue weighted by molar-refractivity contribution is 6.34. The SMILES string of the molecule is Cc1ccc(C(=O)OC(c2ccccc2)c2ccccc2)cc1N1C(=O)c2ccccc2C1=O. The minimum atomic E-state index is -0.598. The maximum Gasteiger partial charge on any atom is 0.339 e. The average Bonchev–Trinajstić information content (AvgIpc) is 3.13. The predicted molar refractivity (Wildman–Crippen MR) is 129 cm³/mol. The normalized spacial score (nSPS) is 12.7. The topological polar surface area (TPSA) is 63.7 Å². The molecule has 0 unspecified atom stereocenters. The van der Waals surface area contributed by atoms with Crippen LogP contribution in [0.3, 0.4) is 0 Å². The Bertz CT molecular complexity index is 1320. The summed E-state index contributed by atoms with van der Waals surface area (Å²) in [5.41, 5.74) is 3.73. The number of ether oxygens (including phenoxy) is 1. The van der Waals surface area contributed by atoms with Gasteiger partial charge in [-0.2, -0.15) is 0 Å². The molecule has 4 aromatic carbocycles. The Kier molecular flexibility index (Phi) is 5.52. The molecule has 0 spiro atoms. The number of fused-ring (bicyclic) bond motifs is 1. The first-order valence-corrected chi connectivity index (χ1v) is 10.9. The van der Waals surface area contributed by atoms with Gasteiger partial charge in [-0.05, 0) is 47.9 Å². The van der Waals surface area contributed by atoms with Crippen LogP contribution in [-0.4, -0.2) is 17.8 Å². The standard InChI is InChI=1S/C29H21NO4/c1-19-16-17-22(18-25(19)30-27(31)23-14-8-9-15-24(23)28(30)32)29(33)34-26(20-10-4-2-5-11-20)21-12-6-3-7-13-21/h2-18,26H,1H3. The van der Waals surface area contributed by atoms with Crippen LogP contribution in [0.5, 0.6) is 0 Å². The van der Waals surface area contributed by atoms with E-state index in [0.29, 0.717) is 22.4 Å². The van der Waals surface area contributed by atoms with Crippen molar-refractivity contribution in [1.82, 2.24) is 0 Å². The van der Waals surface area contributed by atoms with E-state index in [9.17, 15) is 14.4 Å². The monoisotopic (exact) mass is 447 g/mol. The molecule has 34 heavy (non-hydrogen) atoms. The minimum Gasteiger partial charge on any atom is -0.449 e. The third-order valence-corrected chi connectivity index (χ3v) is 5.91. The molecule has 5 rings (SSSR count). The Hall–Kier alpha value is -4.51. The lowest BCUT2D eigenvalue weighted by Crippen LogP contribution is -2.30. The summed E-state index contributed by atoms with van der Waals surface area (Å²) in [5, 5.41) is 0. The number of imide groups is 1. The summed E-state index contributed by atoms with van der Waals surface area (Å²) in [4.78, 5) is 40.3. The number of esters is 1. The van der Waals surface area contributed by atoms with Crippen molar-refractivity contribution in [3.05, 3.63) is 137 Å². The third kappa shape index (κ3) is 3.77. The zero-order valence-corrected chi connectivity index (χ0v) is 18.5. The molecule has 0 saturated heterocycles. The molecule has 4 aromatic rings. The number of nitrogens with zero attached hydrogens (tertiary/aromatic N) is 1. The van der Waals surface area contributed by atoms with E-state index in [4.69, 9.17) is 4.74 Å². The quantitative estimate of drug-likeness (QED) is 0.289. The fraction of sp³-hybridized carbons (Fsp3) is 0.0690. The van der Waals surface area contributed by atoms with Gasteiger partial charge in [0.1, 0.15) is 0 Å². The zero-order chi connectivity index (χ0) is 23.7. The molecule has 1 aliphatic rings. The Morgan fingerprint density at radius 3 is 1.74 bits per heavy atom. The van der Waals surface area contributed by atoms with Crippen LogP contribution >= 0.6 is 0 Å². The van der Waals surface area contributed by atoms with Crippen molar-refractivity contribution in [2.75, 3.05) is 4.90 Å². The van der Waals surface area contributed by atoms with Crippen LogP contribution in [0, 0.1) is 6.92 Å². The van der Waals surface area contributed by atoms with Crippen LogP contribution < -0.4 is 4.90 Å². The van der Waals surface area contributed by atoms with Gasteiger partial charge in [-0.15, -0.1) is 0 Å². The zero-order valence-electron chi connectivity index (χ0n) is 18.5. The Morgan fingerprint density at radius 1 is 0.706 bits per heavy atom. The van der Waals surface area contributed by atoms with Crippen molar-refractivity contribution in [1.29, 1.82) is 0 Å². The molecular formula is C29H21NO4. The molecule has 5 heteroatoms. The first-order valence-electron chi connectivity index (χ1n) is 10.9. The van der Waals surface area contributed by atoms with Gasteiger partial charge < -0.3 is 4.74 Å². The lowest BCUT2D eigenvalue weighted by Gasteiger charge is -2.20. The van der Waals surface area contributed by atoms with E-state index >= 15 is 0 Å². The molecule has 0 atom stereocenters. The van der Waals surface area contributed by atoms with Crippen molar-refractivity contribution >= 4 is 23.5 Å². The molecule has 0 N–H and O–H groups in total. The van der Waals surface area contributed by atoms with Crippen LogP contribution in [-0.2, 0) is 4.74 Å². The summed E-state index contributed by atoms with van der Waals surface area (Å²) in [6, 6.07) is 30.6. The van der Waals surface area contributed by atoms with Gasteiger partial charge in [-0.25, -0.2) is 9.69 Å². The maximum atomic E-state index is 13.3. The number of aryl methyl sites for hydroxylation is 1. The summed E-state index contributed by atoms with van der Waals surface area (Å²) in [6.07, 6.45) is -0.598. The number of rotatable bonds is 5. The van der Waals surface area contributed by atoms with E-state index in [1.54, 1.807) is 49.4 Å². The molecule has 5 nitrogen and oxygen atoms in total.